The number of methoxy groups -OCH3 is 1. The van der Waals surface area contributed by atoms with Crippen molar-refractivity contribution in [3.8, 4) is 11.4 Å². The van der Waals surface area contributed by atoms with Crippen molar-refractivity contribution in [3.63, 3.8) is 0 Å². The molecule has 1 atom stereocenters. The highest BCUT2D eigenvalue weighted by Gasteiger charge is 2.15. The number of nitrogens with zero attached hydrogens (tertiary/aromatic N) is 4. The lowest BCUT2D eigenvalue weighted by Crippen LogP contribution is -2.30. The maximum atomic E-state index is 12.2. The van der Waals surface area contributed by atoms with E-state index in [1.54, 1.807) is 11.8 Å². The Morgan fingerprint density at radius 2 is 2.19 bits per heavy atom. The molecule has 1 N–H and O–H groups in total. The van der Waals surface area contributed by atoms with E-state index in [1.807, 2.05) is 25.1 Å². The van der Waals surface area contributed by atoms with Crippen LogP contribution in [0, 0.1) is 12.8 Å². The van der Waals surface area contributed by atoms with Crippen LogP contribution in [0.15, 0.2) is 23.4 Å². The van der Waals surface area contributed by atoms with Crippen LogP contribution in [0.4, 0.5) is 0 Å². The Balaban J connectivity index is 1.95. The van der Waals surface area contributed by atoms with E-state index in [0.29, 0.717) is 16.8 Å². The lowest BCUT2D eigenvalue weighted by Gasteiger charge is -2.15. The van der Waals surface area contributed by atoms with Gasteiger partial charge in [-0.1, -0.05) is 50.9 Å². The molecule has 0 aliphatic rings. The van der Waals surface area contributed by atoms with E-state index in [9.17, 15) is 4.79 Å². The molecule has 27 heavy (non-hydrogen) atoms. The van der Waals surface area contributed by atoms with Gasteiger partial charge in [-0.2, -0.15) is 4.68 Å². The second-order valence-corrected chi connectivity index (χ2v) is 7.50. The van der Waals surface area contributed by atoms with Gasteiger partial charge in [0.1, 0.15) is 11.4 Å². The van der Waals surface area contributed by atoms with Crippen LogP contribution in [0.2, 0.25) is 0 Å². The first kappa shape index (κ1) is 21.2. The summed E-state index contributed by atoms with van der Waals surface area (Å²) in [6.45, 7) is 7.09. The standard InChI is InChI=1S/C19H29N5O2S/c1-5-7-8-15(6-2)12-20-18(25)13-27-19-21-22-23-24(19)16-11-14(3)9-10-17(16)26-4/h9-11,15H,5-8,12-13H2,1-4H3,(H,20,25)/t15-/m0/s1. The van der Waals surface area contributed by atoms with E-state index in [0.717, 1.165) is 30.6 Å². The molecule has 1 aromatic heterocycles. The number of carbonyl (C=O) groups excluding carboxylic acids is 1. The van der Waals surface area contributed by atoms with Crippen molar-refractivity contribution >= 4 is 17.7 Å². The van der Waals surface area contributed by atoms with Gasteiger partial charge in [0.25, 0.3) is 0 Å². The highest BCUT2D eigenvalue weighted by molar-refractivity contribution is 7.99. The van der Waals surface area contributed by atoms with Crippen molar-refractivity contribution in [2.45, 2.75) is 51.6 Å². The van der Waals surface area contributed by atoms with E-state index in [-0.39, 0.29) is 11.7 Å². The van der Waals surface area contributed by atoms with E-state index in [2.05, 4.69) is 34.7 Å². The molecule has 0 aliphatic carbocycles. The van der Waals surface area contributed by atoms with Gasteiger partial charge in [-0.05, 0) is 47.4 Å². The van der Waals surface area contributed by atoms with Gasteiger partial charge >= 0.3 is 0 Å². The van der Waals surface area contributed by atoms with Gasteiger partial charge in [0.15, 0.2) is 0 Å². The van der Waals surface area contributed by atoms with Gasteiger partial charge in [-0.15, -0.1) is 5.10 Å². The third-order valence-corrected chi connectivity index (χ3v) is 5.39. The van der Waals surface area contributed by atoms with Crippen molar-refractivity contribution in [2.24, 2.45) is 5.92 Å². The first-order chi connectivity index (χ1) is 13.1. The average molecular weight is 392 g/mol. The van der Waals surface area contributed by atoms with Crippen LogP contribution in [-0.4, -0.2) is 45.5 Å². The van der Waals surface area contributed by atoms with Crippen LogP contribution in [0.5, 0.6) is 5.75 Å². The smallest absolute Gasteiger partial charge is 0.230 e. The van der Waals surface area contributed by atoms with Gasteiger partial charge in [-0.3, -0.25) is 4.79 Å². The van der Waals surface area contributed by atoms with Gasteiger partial charge in [0, 0.05) is 6.54 Å². The SMILES string of the molecule is CCCC[C@H](CC)CNC(=O)CSc1nnnn1-c1cc(C)ccc1OC. The largest absolute Gasteiger partial charge is 0.494 e. The summed E-state index contributed by atoms with van der Waals surface area (Å²) in [4.78, 5) is 12.2. The second kappa shape index (κ2) is 10.9. The number of hydrogen-bond acceptors (Lipinski definition) is 6. The number of unbranched alkanes of at least 4 members (excludes halogenated alkanes) is 1. The van der Waals surface area contributed by atoms with Crippen molar-refractivity contribution in [1.29, 1.82) is 0 Å². The third-order valence-electron chi connectivity index (χ3n) is 4.47. The number of hydrogen-bond donors (Lipinski definition) is 1. The van der Waals surface area contributed by atoms with Crippen molar-refractivity contribution in [2.75, 3.05) is 19.4 Å². The number of thioether (sulfide) groups is 1. The second-order valence-electron chi connectivity index (χ2n) is 6.56. The van der Waals surface area contributed by atoms with Crippen LogP contribution < -0.4 is 10.1 Å². The summed E-state index contributed by atoms with van der Waals surface area (Å²) in [6.07, 6.45) is 4.63. The topological polar surface area (TPSA) is 81.9 Å². The zero-order chi connectivity index (χ0) is 19.6. The van der Waals surface area contributed by atoms with Crippen LogP contribution >= 0.6 is 11.8 Å². The van der Waals surface area contributed by atoms with E-state index in [4.69, 9.17) is 4.74 Å². The Morgan fingerprint density at radius 3 is 2.89 bits per heavy atom. The zero-order valence-corrected chi connectivity index (χ0v) is 17.4. The number of nitrogens with one attached hydrogen (secondary N) is 1. The molecule has 0 fully saturated rings. The minimum atomic E-state index is 0.000653. The summed E-state index contributed by atoms with van der Waals surface area (Å²) in [5.74, 6) is 1.50. The van der Waals surface area contributed by atoms with Crippen molar-refractivity contribution < 1.29 is 9.53 Å². The summed E-state index contributed by atoms with van der Waals surface area (Å²) in [5.41, 5.74) is 1.84. The molecule has 0 bridgehead atoms. The molecule has 1 aromatic carbocycles. The number of tetrazole rings is 1. The number of ether oxygens (including phenoxy) is 1. The molecule has 0 unspecified atom stereocenters. The normalized spacial score (nSPS) is 12.0. The Bertz CT molecular complexity index is 735. The molecule has 1 heterocycles. The van der Waals surface area contributed by atoms with Crippen LogP contribution in [-0.2, 0) is 4.79 Å². The fourth-order valence-electron chi connectivity index (χ4n) is 2.77. The predicted molar refractivity (Wildman–Crippen MR) is 107 cm³/mol. The Kier molecular flexibility index (Phi) is 8.57. The number of aromatic nitrogens is 4. The summed E-state index contributed by atoms with van der Waals surface area (Å²) < 4.78 is 7.02. The molecule has 0 saturated heterocycles. The third kappa shape index (κ3) is 6.23. The minimum absolute atomic E-state index is 0.000653. The first-order valence-electron chi connectivity index (χ1n) is 9.41. The highest BCUT2D eigenvalue weighted by atomic mass is 32.2. The Hall–Kier alpha value is -2.09. The number of benzene rings is 1. The molecule has 7 nitrogen and oxygen atoms in total. The van der Waals surface area contributed by atoms with Gasteiger partial charge in [-0.25, -0.2) is 0 Å². The monoisotopic (exact) mass is 391 g/mol. The van der Waals surface area contributed by atoms with E-state index in [1.165, 1.54) is 24.6 Å². The molecule has 0 radical (unpaired) electrons. The quantitative estimate of drug-likeness (QED) is 0.591. The molecule has 0 aliphatic heterocycles. The van der Waals surface area contributed by atoms with Crippen molar-refractivity contribution in [3.05, 3.63) is 23.8 Å². The number of rotatable bonds is 11. The molecule has 148 valence electrons. The minimum Gasteiger partial charge on any atom is -0.494 e. The summed E-state index contributed by atoms with van der Waals surface area (Å²) in [7, 11) is 1.61. The fourth-order valence-corrected chi connectivity index (χ4v) is 3.48. The fraction of sp³-hybridized carbons (Fsp3) is 0.579. The Labute approximate surface area is 165 Å². The van der Waals surface area contributed by atoms with Gasteiger partial charge in [0.2, 0.25) is 11.1 Å². The molecule has 0 spiro atoms. The number of aryl methyl sites for hydroxylation is 1. The Morgan fingerprint density at radius 1 is 1.37 bits per heavy atom. The summed E-state index contributed by atoms with van der Waals surface area (Å²) in [6, 6.07) is 5.81. The lowest BCUT2D eigenvalue weighted by atomic mass is 9.99. The molecule has 8 heteroatoms. The predicted octanol–water partition coefficient (Wildman–Crippen LogP) is 3.40. The van der Waals surface area contributed by atoms with Crippen LogP contribution in [0.25, 0.3) is 5.69 Å². The molecule has 0 saturated carbocycles. The summed E-state index contributed by atoms with van der Waals surface area (Å²) in [5, 5.41) is 15.5. The highest BCUT2D eigenvalue weighted by Crippen LogP contribution is 2.26. The number of amides is 1. The number of carbonyl (C=O) groups is 1. The molecule has 2 aromatic rings. The molecule has 2 rings (SSSR count). The lowest BCUT2D eigenvalue weighted by molar-refractivity contribution is -0.118. The maximum absolute atomic E-state index is 12.2. The first-order valence-corrected chi connectivity index (χ1v) is 10.4. The van der Waals surface area contributed by atoms with Crippen molar-refractivity contribution in [1.82, 2.24) is 25.5 Å². The van der Waals surface area contributed by atoms with Crippen LogP contribution in [0.3, 0.4) is 0 Å². The van der Waals surface area contributed by atoms with Gasteiger partial charge in [0.05, 0.1) is 12.9 Å². The summed E-state index contributed by atoms with van der Waals surface area (Å²) >= 11 is 1.32. The molecular weight excluding hydrogens is 362 g/mol. The van der Waals surface area contributed by atoms with Gasteiger partial charge < -0.3 is 10.1 Å². The van der Waals surface area contributed by atoms with Crippen LogP contribution in [0.1, 0.15) is 45.1 Å². The zero-order valence-electron chi connectivity index (χ0n) is 16.6. The van der Waals surface area contributed by atoms with E-state index >= 15 is 0 Å². The maximum Gasteiger partial charge on any atom is 0.230 e. The average Bonchev–Trinajstić information content (AvgIpc) is 3.15. The molecular formula is C19H29N5O2S. The molecule has 1 amide bonds. The van der Waals surface area contributed by atoms with E-state index < -0.39 is 0 Å².